The molecule has 27 heavy (non-hydrogen) atoms. The second-order valence-electron chi connectivity index (χ2n) is 6.18. The molecule has 0 bridgehead atoms. The number of nitrogens with one attached hydrogen (secondary N) is 1. The monoisotopic (exact) mass is 395 g/mol. The molecule has 0 fully saturated rings. The van der Waals surface area contributed by atoms with Crippen LogP contribution in [0.1, 0.15) is 15.9 Å². The van der Waals surface area contributed by atoms with Gasteiger partial charge in [-0.05, 0) is 37.3 Å². The lowest BCUT2D eigenvalue weighted by molar-refractivity contribution is 0.102. The van der Waals surface area contributed by atoms with Crippen LogP contribution in [0.4, 0.5) is 5.82 Å². The molecule has 0 aliphatic heterocycles. The van der Waals surface area contributed by atoms with Crippen molar-refractivity contribution in [3.05, 3.63) is 88.0 Å². The highest BCUT2D eigenvalue weighted by molar-refractivity contribution is 6.37. The van der Waals surface area contributed by atoms with E-state index in [-0.39, 0.29) is 5.91 Å². The Labute approximate surface area is 166 Å². The molecule has 0 aliphatic carbocycles. The SMILES string of the molecule is Cc1ccc(-c2nc3ccccn3c2NC(=O)c2ccc(Cl)cc2Cl)cc1. The van der Waals surface area contributed by atoms with Crippen molar-refractivity contribution in [3.8, 4) is 11.3 Å². The van der Waals surface area contributed by atoms with E-state index in [1.54, 1.807) is 18.2 Å². The molecule has 1 amide bonds. The fourth-order valence-electron chi connectivity index (χ4n) is 2.88. The van der Waals surface area contributed by atoms with Crippen LogP contribution in [0.25, 0.3) is 16.9 Å². The third-order valence-corrected chi connectivity index (χ3v) is 4.81. The van der Waals surface area contributed by atoms with Crippen LogP contribution < -0.4 is 5.32 Å². The molecule has 2 aromatic heterocycles. The fraction of sp³-hybridized carbons (Fsp3) is 0.0476. The van der Waals surface area contributed by atoms with Gasteiger partial charge in [-0.1, -0.05) is 59.1 Å². The van der Waals surface area contributed by atoms with Gasteiger partial charge >= 0.3 is 0 Å². The zero-order valence-corrected chi connectivity index (χ0v) is 15.9. The number of aromatic nitrogens is 2. The summed E-state index contributed by atoms with van der Waals surface area (Å²) in [5, 5.41) is 3.73. The largest absolute Gasteiger partial charge is 0.306 e. The van der Waals surface area contributed by atoms with E-state index in [1.807, 2.05) is 60.0 Å². The number of aryl methyl sites for hydroxylation is 1. The number of carbonyl (C=O) groups is 1. The third-order valence-electron chi connectivity index (χ3n) is 4.26. The Balaban J connectivity index is 1.81. The molecule has 134 valence electrons. The first-order valence-electron chi connectivity index (χ1n) is 8.33. The second kappa shape index (κ2) is 7.06. The van der Waals surface area contributed by atoms with Crippen molar-refractivity contribution < 1.29 is 4.79 Å². The molecule has 0 spiro atoms. The summed E-state index contributed by atoms with van der Waals surface area (Å²) in [5.74, 6) is 0.265. The molecular formula is C21H15Cl2N3O. The average molecular weight is 396 g/mol. The Kier molecular flexibility index (Phi) is 4.60. The summed E-state index contributed by atoms with van der Waals surface area (Å²) in [6.07, 6.45) is 1.86. The number of hydrogen-bond acceptors (Lipinski definition) is 2. The highest BCUT2D eigenvalue weighted by atomic mass is 35.5. The molecule has 2 aromatic carbocycles. The lowest BCUT2D eigenvalue weighted by atomic mass is 10.1. The van der Waals surface area contributed by atoms with Gasteiger partial charge in [0, 0.05) is 16.8 Å². The van der Waals surface area contributed by atoms with Crippen LogP contribution in [0.5, 0.6) is 0 Å². The van der Waals surface area contributed by atoms with E-state index in [0.717, 1.165) is 16.8 Å². The van der Waals surface area contributed by atoms with Crippen LogP contribution in [0.2, 0.25) is 10.0 Å². The first-order chi connectivity index (χ1) is 13.0. The first-order valence-corrected chi connectivity index (χ1v) is 9.09. The van der Waals surface area contributed by atoms with Gasteiger partial charge in [0.25, 0.3) is 5.91 Å². The quantitative estimate of drug-likeness (QED) is 0.471. The Morgan fingerprint density at radius 3 is 2.56 bits per heavy atom. The normalized spacial score (nSPS) is 10.9. The van der Waals surface area contributed by atoms with Crippen molar-refractivity contribution >= 4 is 40.6 Å². The smallest absolute Gasteiger partial charge is 0.258 e. The molecule has 0 unspecified atom stereocenters. The molecule has 0 atom stereocenters. The number of amides is 1. The topological polar surface area (TPSA) is 46.4 Å². The van der Waals surface area contributed by atoms with Gasteiger partial charge in [0.15, 0.2) is 0 Å². The van der Waals surface area contributed by atoms with E-state index in [0.29, 0.717) is 27.1 Å². The molecule has 4 aromatic rings. The number of pyridine rings is 1. The summed E-state index contributed by atoms with van der Waals surface area (Å²) < 4.78 is 1.84. The Morgan fingerprint density at radius 1 is 1.04 bits per heavy atom. The van der Waals surface area contributed by atoms with Gasteiger partial charge in [0.1, 0.15) is 17.2 Å². The first kappa shape index (κ1) is 17.6. The summed E-state index contributed by atoms with van der Waals surface area (Å²) in [7, 11) is 0. The molecule has 0 saturated carbocycles. The minimum absolute atomic E-state index is 0.297. The fourth-order valence-corrected chi connectivity index (χ4v) is 3.37. The maximum Gasteiger partial charge on any atom is 0.258 e. The summed E-state index contributed by atoms with van der Waals surface area (Å²) in [6, 6.07) is 18.5. The number of fused-ring (bicyclic) bond motifs is 1. The Morgan fingerprint density at radius 2 is 1.81 bits per heavy atom. The van der Waals surface area contributed by atoms with Crippen molar-refractivity contribution in [2.75, 3.05) is 5.32 Å². The summed E-state index contributed by atoms with van der Waals surface area (Å²) in [4.78, 5) is 17.5. The third kappa shape index (κ3) is 3.42. The van der Waals surface area contributed by atoms with Crippen LogP contribution in [0.15, 0.2) is 66.9 Å². The number of rotatable bonds is 3. The maximum atomic E-state index is 12.8. The number of anilines is 1. The maximum absolute atomic E-state index is 12.8. The van der Waals surface area contributed by atoms with Gasteiger partial charge in [0.05, 0.1) is 10.6 Å². The van der Waals surface area contributed by atoms with E-state index in [9.17, 15) is 4.79 Å². The van der Waals surface area contributed by atoms with Crippen molar-refractivity contribution in [1.82, 2.24) is 9.38 Å². The highest BCUT2D eigenvalue weighted by Crippen LogP contribution is 2.30. The van der Waals surface area contributed by atoms with Gasteiger partial charge in [-0.2, -0.15) is 0 Å². The minimum Gasteiger partial charge on any atom is -0.306 e. The number of nitrogens with zero attached hydrogens (tertiary/aromatic N) is 2. The van der Waals surface area contributed by atoms with Gasteiger partial charge < -0.3 is 5.32 Å². The van der Waals surface area contributed by atoms with E-state index < -0.39 is 0 Å². The molecule has 1 N–H and O–H groups in total. The van der Waals surface area contributed by atoms with Crippen molar-refractivity contribution in [3.63, 3.8) is 0 Å². The van der Waals surface area contributed by atoms with Crippen LogP contribution in [0, 0.1) is 6.92 Å². The molecule has 4 nitrogen and oxygen atoms in total. The van der Waals surface area contributed by atoms with Crippen LogP contribution in [-0.2, 0) is 0 Å². The van der Waals surface area contributed by atoms with Crippen LogP contribution in [-0.4, -0.2) is 15.3 Å². The summed E-state index contributed by atoms with van der Waals surface area (Å²) in [5.41, 5.74) is 3.86. The lowest BCUT2D eigenvalue weighted by Crippen LogP contribution is -2.14. The molecule has 4 rings (SSSR count). The molecular weight excluding hydrogens is 381 g/mol. The van der Waals surface area contributed by atoms with Gasteiger partial charge in [-0.15, -0.1) is 0 Å². The number of halogens is 2. The van der Waals surface area contributed by atoms with Gasteiger partial charge in [-0.3, -0.25) is 9.20 Å². The second-order valence-corrected chi connectivity index (χ2v) is 7.03. The average Bonchev–Trinajstić information content (AvgIpc) is 3.01. The van der Waals surface area contributed by atoms with E-state index in [4.69, 9.17) is 23.2 Å². The number of carbonyl (C=O) groups excluding carboxylic acids is 1. The van der Waals surface area contributed by atoms with Crippen LogP contribution in [0.3, 0.4) is 0 Å². The zero-order chi connectivity index (χ0) is 19.0. The summed E-state index contributed by atoms with van der Waals surface area (Å²) >= 11 is 12.1. The molecule has 0 saturated heterocycles. The number of benzene rings is 2. The lowest BCUT2D eigenvalue weighted by Gasteiger charge is -2.09. The number of hydrogen-bond donors (Lipinski definition) is 1. The highest BCUT2D eigenvalue weighted by Gasteiger charge is 2.18. The predicted molar refractivity (Wildman–Crippen MR) is 110 cm³/mol. The predicted octanol–water partition coefficient (Wildman–Crippen LogP) is 5.87. The van der Waals surface area contributed by atoms with Crippen molar-refractivity contribution in [1.29, 1.82) is 0 Å². The molecule has 6 heteroatoms. The molecule has 0 aliphatic rings. The van der Waals surface area contributed by atoms with E-state index in [1.165, 1.54) is 0 Å². The van der Waals surface area contributed by atoms with E-state index >= 15 is 0 Å². The summed E-state index contributed by atoms with van der Waals surface area (Å²) in [6.45, 7) is 2.03. The van der Waals surface area contributed by atoms with Crippen LogP contribution >= 0.6 is 23.2 Å². The zero-order valence-electron chi connectivity index (χ0n) is 14.4. The standard InChI is InChI=1S/C21H15Cl2N3O/c1-13-5-7-14(8-6-13)19-20(26-11-3-2-4-18(26)24-19)25-21(27)16-10-9-15(22)12-17(16)23/h2-12H,1H3,(H,25,27). The van der Waals surface area contributed by atoms with E-state index in [2.05, 4.69) is 10.3 Å². The van der Waals surface area contributed by atoms with Gasteiger partial charge in [0.2, 0.25) is 0 Å². The Hall–Kier alpha value is -2.82. The number of imidazole rings is 1. The minimum atomic E-state index is -0.323. The molecule has 2 heterocycles. The van der Waals surface area contributed by atoms with Crippen molar-refractivity contribution in [2.45, 2.75) is 6.92 Å². The Bertz CT molecular complexity index is 1150. The molecule has 0 radical (unpaired) electrons. The van der Waals surface area contributed by atoms with Crippen molar-refractivity contribution in [2.24, 2.45) is 0 Å². The van der Waals surface area contributed by atoms with Gasteiger partial charge in [-0.25, -0.2) is 4.98 Å².